The maximum Gasteiger partial charge on any atom is 0.359 e. The number of methoxy groups -OCH3 is 3. The Labute approximate surface area is 115 Å². The second-order valence-corrected chi connectivity index (χ2v) is 3.87. The predicted molar refractivity (Wildman–Crippen MR) is 68.8 cm³/mol. The third kappa shape index (κ3) is 2.27. The van der Waals surface area contributed by atoms with Gasteiger partial charge >= 0.3 is 5.97 Å². The van der Waals surface area contributed by atoms with Gasteiger partial charge in [0.2, 0.25) is 11.8 Å². The van der Waals surface area contributed by atoms with Gasteiger partial charge in [-0.3, -0.25) is 5.10 Å². The summed E-state index contributed by atoms with van der Waals surface area (Å²) in [5, 5.41) is 14.4. The summed E-state index contributed by atoms with van der Waals surface area (Å²) in [7, 11) is 4.23. The third-order valence-corrected chi connectivity index (χ3v) is 2.74. The molecule has 106 valence electrons. The molecule has 0 atom stereocenters. The van der Waals surface area contributed by atoms with Crippen molar-refractivity contribution >= 4 is 5.97 Å². The van der Waals surface area contributed by atoms with Gasteiger partial charge in [-0.05, 0) is 6.92 Å². The SMILES string of the molecule is COC(=O)c1n[nH]c(C)c1-c1cc(OC)nnc1OC. The van der Waals surface area contributed by atoms with E-state index in [1.807, 2.05) is 0 Å². The first-order valence-electron chi connectivity index (χ1n) is 5.71. The number of esters is 1. The fourth-order valence-corrected chi connectivity index (χ4v) is 1.80. The average Bonchev–Trinajstić information content (AvgIpc) is 2.87. The summed E-state index contributed by atoms with van der Waals surface area (Å²) in [4.78, 5) is 11.8. The van der Waals surface area contributed by atoms with Crippen LogP contribution < -0.4 is 9.47 Å². The lowest BCUT2D eigenvalue weighted by atomic mass is 10.1. The highest BCUT2D eigenvalue weighted by Crippen LogP contribution is 2.34. The Morgan fingerprint density at radius 1 is 1.20 bits per heavy atom. The molecule has 0 spiro atoms. The molecule has 2 rings (SSSR count). The minimum atomic E-state index is -0.554. The van der Waals surface area contributed by atoms with Crippen LogP contribution in [-0.2, 0) is 4.74 Å². The van der Waals surface area contributed by atoms with Crippen molar-refractivity contribution in [2.75, 3.05) is 21.3 Å². The molecule has 0 aromatic carbocycles. The molecule has 0 bridgehead atoms. The van der Waals surface area contributed by atoms with Crippen LogP contribution in [0.1, 0.15) is 16.2 Å². The Bertz CT molecular complexity index is 638. The number of nitrogens with zero attached hydrogens (tertiary/aromatic N) is 3. The molecule has 0 aliphatic heterocycles. The van der Waals surface area contributed by atoms with Crippen molar-refractivity contribution in [1.29, 1.82) is 0 Å². The molecule has 2 aromatic heterocycles. The average molecular weight is 278 g/mol. The van der Waals surface area contributed by atoms with Crippen molar-refractivity contribution in [3.05, 3.63) is 17.5 Å². The van der Waals surface area contributed by atoms with Gasteiger partial charge in [0.15, 0.2) is 5.69 Å². The Hall–Kier alpha value is -2.64. The van der Waals surface area contributed by atoms with Crippen LogP contribution in [0, 0.1) is 6.92 Å². The van der Waals surface area contributed by atoms with Crippen molar-refractivity contribution in [3.63, 3.8) is 0 Å². The van der Waals surface area contributed by atoms with E-state index in [0.29, 0.717) is 22.7 Å². The lowest BCUT2D eigenvalue weighted by Gasteiger charge is -2.08. The third-order valence-electron chi connectivity index (χ3n) is 2.74. The molecule has 0 radical (unpaired) electrons. The smallest absolute Gasteiger partial charge is 0.359 e. The van der Waals surface area contributed by atoms with Gasteiger partial charge in [-0.1, -0.05) is 0 Å². The summed E-state index contributed by atoms with van der Waals surface area (Å²) in [5.74, 6) is 0.0138. The topological polar surface area (TPSA) is 99.2 Å². The number of H-pyrrole nitrogens is 1. The molecule has 0 fully saturated rings. The van der Waals surface area contributed by atoms with Crippen LogP contribution in [0.2, 0.25) is 0 Å². The first-order valence-corrected chi connectivity index (χ1v) is 5.71. The van der Waals surface area contributed by atoms with Crippen LogP contribution in [0.15, 0.2) is 6.07 Å². The van der Waals surface area contributed by atoms with E-state index in [2.05, 4.69) is 20.4 Å². The highest BCUT2D eigenvalue weighted by atomic mass is 16.5. The van der Waals surface area contributed by atoms with Gasteiger partial charge in [-0.2, -0.15) is 5.10 Å². The number of aromatic amines is 1. The maximum absolute atomic E-state index is 11.8. The summed E-state index contributed by atoms with van der Waals surface area (Å²) in [6.45, 7) is 1.78. The lowest BCUT2D eigenvalue weighted by molar-refractivity contribution is 0.0595. The largest absolute Gasteiger partial charge is 0.480 e. The predicted octanol–water partition coefficient (Wildman–Crippen LogP) is 0.979. The van der Waals surface area contributed by atoms with Crippen molar-refractivity contribution in [1.82, 2.24) is 20.4 Å². The van der Waals surface area contributed by atoms with Gasteiger partial charge < -0.3 is 14.2 Å². The summed E-state index contributed by atoms with van der Waals surface area (Å²) < 4.78 is 14.9. The summed E-state index contributed by atoms with van der Waals surface area (Å²) in [5.41, 5.74) is 1.92. The zero-order valence-corrected chi connectivity index (χ0v) is 11.6. The first kappa shape index (κ1) is 13.8. The Kier molecular flexibility index (Phi) is 3.83. The van der Waals surface area contributed by atoms with E-state index in [-0.39, 0.29) is 11.6 Å². The van der Waals surface area contributed by atoms with E-state index in [9.17, 15) is 4.79 Å². The van der Waals surface area contributed by atoms with Crippen LogP contribution in [0.4, 0.5) is 0 Å². The van der Waals surface area contributed by atoms with Crippen LogP contribution in [0.5, 0.6) is 11.8 Å². The molecule has 1 N–H and O–H groups in total. The van der Waals surface area contributed by atoms with Gasteiger partial charge in [-0.15, -0.1) is 10.2 Å². The van der Waals surface area contributed by atoms with Crippen LogP contribution in [0.25, 0.3) is 11.1 Å². The number of aromatic nitrogens is 4. The zero-order chi connectivity index (χ0) is 14.7. The van der Waals surface area contributed by atoms with E-state index in [1.165, 1.54) is 21.3 Å². The molecular formula is C12H14N4O4. The minimum absolute atomic E-state index is 0.151. The maximum atomic E-state index is 11.8. The number of nitrogens with one attached hydrogen (secondary N) is 1. The van der Waals surface area contributed by atoms with Gasteiger partial charge in [-0.25, -0.2) is 4.79 Å². The second-order valence-electron chi connectivity index (χ2n) is 3.87. The Morgan fingerprint density at radius 3 is 2.55 bits per heavy atom. The Morgan fingerprint density at radius 2 is 1.95 bits per heavy atom. The van der Waals surface area contributed by atoms with Gasteiger partial charge in [0.25, 0.3) is 0 Å². The van der Waals surface area contributed by atoms with Crippen molar-refractivity contribution < 1.29 is 19.0 Å². The molecule has 20 heavy (non-hydrogen) atoms. The molecule has 0 aliphatic carbocycles. The molecule has 0 amide bonds. The lowest BCUT2D eigenvalue weighted by Crippen LogP contribution is -2.05. The van der Waals surface area contributed by atoms with E-state index in [1.54, 1.807) is 13.0 Å². The van der Waals surface area contributed by atoms with E-state index < -0.39 is 5.97 Å². The molecule has 2 heterocycles. The van der Waals surface area contributed by atoms with Crippen LogP contribution in [0.3, 0.4) is 0 Å². The number of ether oxygens (including phenoxy) is 3. The molecule has 0 saturated carbocycles. The zero-order valence-electron chi connectivity index (χ0n) is 11.6. The number of carbonyl (C=O) groups excluding carboxylic acids is 1. The van der Waals surface area contributed by atoms with Gasteiger partial charge in [0.1, 0.15) is 0 Å². The Balaban J connectivity index is 2.67. The standard InChI is InChI=1S/C12H14N4O4/c1-6-9(10(15-13-6)12(17)20-4)7-5-8(18-2)14-16-11(7)19-3/h5H,1-4H3,(H,13,15). The number of aryl methyl sites for hydroxylation is 1. The molecule has 0 unspecified atom stereocenters. The monoisotopic (exact) mass is 278 g/mol. The molecule has 2 aromatic rings. The van der Waals surface area contributed by atoms with Crippen LogP contribution >= 0.6 is 0 Å². The van der Waals surface area contributed by atoms with Gasteiger partial charge in [0, 0.05) is 17.3 Å². The normalized spacial score (nSPS) is 10.2. The van der Waals surface area contributed by atoms with Crippen LogP contribution in [-0.4, -0.2) is 47.7 Å². The number of hydrogen-bond acceptors (Lipinski definition) is 7. The first-order chi connectivity index (χ1) is 9.62. The van der Waals surface area contributed by atoms with Crippen molar-refractivity contribution in [2.45, 2.75) is 6.92 Å². The fourth-order valence-electron chi connectivity index (χ4n) is 1.80. The molecule has 0 aliphatic rings. The second kappa shape index (κ2) is 5.55. The molecule has 8 nitrogen and oxygen atoms in total. The van der Waals surface area contributed by atoms with Crippen molar-refractivity contribution in [3.8, 4) is 22.9 Å². The van der Waals surface area contributed by atoms with E-state index in [4.69, 9.17) is 14.2 Å². The summed E-state index contributed by atoms with van der Waals surface area (Å²) in [6, 6.07) is 1.62. The highest BCUT2D eigenvalue weighted by Gasteiger charge is 2.23. The molecular weight excluding hydrogens is 264 g/mol. The minimum Gasteiger partial charge on any atom is -0.480 e. The molecule has 0 saturated heterocycles. The van der Waals surface area contributed by atoms with E-state index in [0.717, 1.165) is 0 Å². The number of carbonyl (C=O) groups is 1. The van der Waals surface area contributed by atoms with E-state index >= 15 is 0 Å². The number of hydrogen-bond donors (Lipinski definition) is 1. The molecule has 8 heteroatoms. The van der Waals surface area contributed by atoms with Crippen molar-refractivity contribution in [2.24, 2.45) is 0 Å². The van der Waals surface area contributed by atoms with Gasteiger partial charge in [0.05, 0.1) is 26.9 Å². The quantitative estimate of drug-likeness (QED) is 0.832. The summed E-state index contributed by atoms with van der Waals surface area (Å²) in [6.07, 6.45) is 0. The summed E-state index contributed by atoms with van der Waals surface area (Å²) >= 11 is 0. The fraction of sp³-hybridized carbons (Fsp3) is 0.333. The number of rotatable bonds is 4. The highest BCUT2D eigenvalue weighted by molar-refractivity contribution is 5.96.